The molecule has 6 heteroatoms. The van der Waals surface area contributed by atoms with Crippen LogP contribution in [0.15, 0.2) is 30.3 Å². The molecule has 27 heavy (non-hydrogen) atoms. The quantitative estimate of drug-likeness (QED) is 0.737. The fourth-order valence-corrected chi connectivity index (χ4v) is 3.10. The Kier molecular flexibility index (Phi) is 6.86. The highest BCUT2D eigenvalue weighted by atomic mass is 35.5. The summed E-state index contributed by atoms with van der Waals surface area (Å²) in [7, 11) is 0. The highest BCUT2D eigenvalue weighted by Gasteiger charge is 2.20. The zero-order valence-corrected chi connectivity index (χ0v) is 16.9. The minimum Gasteiger partial charge on any atom is -0.481 e. The molecule has 0 aromatic heterocycles. The fraction of sp³-hybridized carbons (Fsp3) is 0.333. The molecule has 0 aliphatic heterocycles. The predicted octanol–water partition coefficient (Wildman–Crippen LogP) is 4.52. The van der Waals surface area contributed by atoms with Gasteiger partial charge in [0.25, 0.3) is 5.91 Å². The molecule has 2 aromatic rings. The molecular weight excluding hydrogens is 366 g/mol. The van der Waals surface area contributed by atoms with Crippen molar-refractivity contribution in [1.29, 1.82) is 0 Å². The smallest absolute Gasteiger partial charge is 0.344 e. The first-order chi connectivity index (χ1) is 12.7. The van der Waals surface area contributed by atoms with Gasteiger partial charge >= 0.3 is 5.97 Å². The number of hydrogen-bond donors (Lipinski definition) is 1. The van der Waals surface area contributed by atoms with Gasteiger partial charge in [-0.15, -0.1) is 0 Å². The van der Waals surface area contributed by atoms with Crippen LogP contribution in [0.25, 0.3) is 0 Å². The fourth-order valence-electron chi connectivity index (χ4n) is 2.78. The van der Waals surface area contributed by atoms with Crippen LogP contribution in [0.1, 0.15) is 29.2 Å². The summed E-state index contributed by atoms with van der Waals surface area (Å²) in [4.78, 5) is 24.4. The number of para-hydroxylation sites is 1. The summed E-state index contributed by atoms with van der Waals surface area (Å²) in [6.07, 6.45) is -0.937. The van der Waals surface area contributed by atoms with Crippen molar-refractivity contribution < 1.29 is 19.1 Å². The summed E-state index contributed by atoms with van der Waals surface area (Å²) < 4.78 is 10.7. The molecule has 0 aliphatic carbocycles. The van der Waals surface area contributed by atoms with E-state index in [-0.39, 0.29) is 12.5 Å². The van der Waals surface area contributed by atoms with Gasteiger partial charge in [0.1, 0.15) is 5.75 Å². The number of benzene rings is 2. The van der Waals surface area contributed by atoms with E-state index in [4.69, 9.17) is 21.1 Å². The Hall–Kier alpha value is -2.53. The third-order valence-electron chi connectivity index (χ3n) is 4.17. The molecule has 0 saturated carbocycles. The van der Waals surface area contributed by atoms with E-state index < -0.39 is 12.1 Å². The molecule has 1 amide bonds. The third-order valence-corrected chi connectivity index (χ3v) is 4.38. The standard InChI is InChI=1S/C21H24ClNO4/c1-12-7-6-8-13(2)19(12)23-21(25)16(5)27-18(24)11-26-20-14(3)9-17(22)10-15(20)4/h6-10,16H,11H2,1-5H3,(H,23,25)/t16-/m0/s1. The molecule has 0 bridgehead atoms. The molecule has 0 aliphatic rings. The van der Waals surface area contributed by atoms with Gasteiger partial charge in [0.05, 0.1) is 0 Å². The van der Waals surface area contributed by atoms with Crippen molar-refractivity contribution in [3.63, 3.8) is 0 Å². The van der Waals surface area contributed by atoms with Crippen molar-refractivity contribution in [3.8, 4) is 5.75 Å². The first-order valence-electron chi connectivity index (χ1n) is 8.65. The van der Waals surface area contributed by atoms with Crippen LogP contribution in [0, 0.1) is 27.7 Å². The Morgan fingerprint density at radius 3 is 2.15 bits per heavy atom. The predicted molar refractivity (Wildman–Crippen MR) is 107 cm³/mol. The van der Waals surface area contributed by atoms with Crippen LogP contribution in [0.3, 0.4) is 0 Å². The number of ether oxygens (including phenoxy) is 2. The highest BCUT2D eigenvalue weighted by Crippen LogP contribution is 2.27. The Morgan fingerprint density at radius 1 is 1.04 bits per heavy atom. The number of aryl methyl sites for hydroxylation is 4. The van der Waals surface area contributed by atoms with Gasteiger partial charge in [0.2, 0.25) is 0 Å². The van der Waals surface area contributed by atoms with Crippen molar-refractivity contribution in [2.75, 3.05) is 11.9 Å². The zero-order valence-electron chi connectivity index (χ0n) is 16.2. The van der Waals surface area contributed by atoms with Crippen molar-refractivity contribution in [3.05, 3.63) is 57.6 Å². The third kappa shape index (κ3) is 5.47. The average Bonchev–Trinajstić information content (AvgIpc) is 2.57. The van der Waals surface area contributed by atoms with E-state index in [1.54, 1.807) is 12.1 Å². The van der Waals surface area contributed by atoms with Crippen LogP contribution < -0.4 is 10.1 Å². The molecule has 0 fully saturated rings. The van der Waals surface area contributed by atoms with Crippen LogP contribution in [-0.4, -0.2) is 24.6 Å². The Morgan fingerprint density at radius 2 is 1.59 bits per heavy atom. The monoisotopic (exact) mass is 389 g/mol. The van der Waals surface area contributed by atoms with Crippen molar-refractivity contribution in [1.82, 2.24) is 0 Å². The molecule has 1 N–H and O–H groups in total. The van der Waals surface area contributed by atoms with Gasteiger partial charge in [-0.1, -0.05) is 29.8 Å². The molecule has 0 heterocycles. The Bertz CT molecular complexity index is 820. The van der Waals surface area contributed by atoms with E-state index in [1.807, 2.05) is 45.9 Å². The van der Waals surface area contributed by atoms with E-state index in [0.29, 0.717) is 10.8 Å². The first kappa shape index (κ1) is 20.8. The number of halogens is 1. The SMILES string of the molecule is Cc1cccc(C)c1NC(=O)[C@H](C)OC(=O)COc1c(C)cc(Cl)cc1C. The van der Waals surface area contributed by atoms with Gasteiger partial charge in [-0.3, -0.25) is 4.79 Å². The summed E-state index contributed by atoms with van der Waals surface area (Å²) in [5, 5.41) is 3.42. The second-order valence-electron chi connectivity index (χ2n) is 6.55. The van der Waals surface area contributed by atoms with E-state index >= 15 is 0 Å². The van der Waals surface area contributed by atoms with Crippen LogP contribution in [0.5, 0.6) is 5.75 Å². The topological polar surface area (TPSA) is 64.6 Å². The van der Waals surface area contributed by atoms with Gasteiger partial charge in [0, 0.05) is 10.7 Å². The molecule has 5 nitrogen and oxygen atoms in total. The summed E-state index contributed by atoms with van der Waals surface area (Å²) in [5.74, 6) is -0.420. The summed E-state index contributed by atoms with van der Waals surface area (Å²) in [6.45, 7) is 8.75. The van der Waals surface area contributed by atoms with Gasteiger partial charge in [-0.25, -0.2) is 4.79 Å². The number of esters is 1. The zero-order chi connectivity index (χ0) is 20.1. The maximum atomic E-state index is 12.3. The number of rotatable bonds is 6. The van der Waals surface area contributed by atoms with Gasteiger partial charge in [-0.2, -0.15) is 0 Å². The number of amides is 1. The average molecular weight is 390 g/mol. The highest BCUT2D eigenvalue weighted by molar-refractivity contribution is 6.30. The van der Waals surface area contributed by atoms with Crippen LogP contribution in [0.2, 0.25) is 5.02 Å². The number of carbonyl (C=O) groups is 2. The van der Waals surface area contributed by atoms with Gasteiger partial charge < -0.3 is 14.8 Å². The lowest BCUT2D eigenvalue weighted by molar-refractivity contribution is -0.155. The number of carbonyl (C=O) groups excluding carboxylic acids is 2. The van der Waals surface area contributed by atoms with Gasteiger partial charge in [0.15, 0.2) is 12.7 Å². The lowest BCUT2D eigenvalue weighted by Gasteiger charge is -2.17. The van der Waals surface area contributed by atoms with Crippen LogP contribution in [-0.2, 0) is 14.3 Å². The van der Waals surface area contributed by atoms with Gasteiger partial charge in [-0.05, 0) is 69.0 Å². The molecule has 2 aromatic carbocycles. The summed E-state index contributed by atoms with van der Waals surface area (Å²) >= 11 is 5.99. The molecule has 2 rings (SSSR count). The second kappa shape index (κ2) is 8.91. The molecule has 144 valence electrons. The largest absolute Gasteiger partial charge is 0.481 e. The Labute approximate surface area is 164 Å². The lowest BCUT2D eigenvalue weighted by atomic mass is 10.1. The van der Waals surface area contributed by atoms with Crippen molar-refractivity contribution in [2.24, 2.45) is 0 Å². The van der Waals surface area contributed by atoms with E-state index in [1.165, 1.54) is 6.92 Å². The number of hydrogen-bond acceptors (Lipinski definition) is 4. The molecule has 0 saturated heterocycles. The minimum atomic E-state index is -0.937. The molecule has 0 spiro atoms. The van der Waals surface area contributed by atoms with Crippen molar-refractivity contribution >= 4 is 29.2 Å². The van der Waals surface area contributed by atoms with E-state index in [0.717, 1.165) is 27.9 Å². The van der Waals surface area contributed by atoms with E-state index in [9.17, 15) is 9.59 Å². The minimum absolute atomic E-state index is 0.287. The second-order valence-corrected chi connectivity index (χ2v) is 6.98. The lowest BCUT2D eigenvalue weighted by Crippen LogP contribution is -2.32. The van der Waals surface area contributed by atoms with Crippen molar-refractivity contribution in [2.45, 2.75) is 40.7 Å². The molecule has 0 unspecified atom stereocenters. The number of nitrogens with one attached hydrogen (secondary N) is 1. The molecular formula is C21H24ClNO4. The normalized spacial score (nSPS) is 11.6. The maximum absolute atomic E-state index is 12.3. The summed E-state index contributed by atoms with van der Waals surface area (Å²) in [5.41, 5.74) is 4.27. The molecule has 0 radical (unpaired) electrons. The van der Waals surface area contributed by atoms with Crippen LogP contribution >= 0.6 is 11.6 Å². The van der Waals surface area contributed by atoms with E-state index in [2.05, 4.69) is 5.32 Å². The first-order valence-corrected chi connectivity index (χ1v) is 9.03. The Balaban J connectivity index is 1.93. The number of anilines is 1. The van der Waals surface area contributed by atoms with Crippen LogP contribution in [0.4, 0.5) is 5.69 Å². The maximum Gasteiger partial charge on any atom is 0.344 e. The molecule has 1 atom stereocenters. The summed E-state index contributed by atoms with van der Waals surface area (Å²) in [6, 6.07) is 9.25.